The highest BCUT2D eigenvalue weighted by molar-refractivity contribution is 7.80. The molecule has 0 aromatic heterocycles. The van der Waals surface area contributed by atoms with Crippen molar-refractivity contribution < 1.29 is 4.74 Å². The minimum Gasteiger partial charge on any atom is -0.497 e. The number of thiocarbonyl (C=S) groups is 1. The summed E-state index contributed by atoms with van der Waals surface area (Å²) in [6.07, 6.45) is 1.06. The molecule has 5 heteroatoms. The van der Waals surface area contributed by atoms with E-state index in [2.05, 4.69) is 58.4 Å². The van der Waals surface area contributed by atoms with Gasteiger partial charge in [0.25, 0.3) is 0 Å². The number of hydrogen-bond acceptors (Lipinski definition) is 3. The summed E-state index contributed by atoms with van der Waals surface area (Å²) < 4.78 is 5.31. The zero-order valence-corrected chi connectivity index (χ0v) is 16.4. The Hall–Kier alpha value is -2.11. The Labute approximate surface area is 161 Å². The summed E-state index contributed by atoms with van der Waals surface area (Å²) in [4.78, 5) is 4.72. The Morgan fingerprint density at radius 2 is 1.77 bits per heavy atom. The first kappa shape index (κ1) is 18.7. The summed E-state index contributed by atoms with van der Waals surface area (Å²) in [5.41, 5.74) is 3.69. The van der Waals surface area contributed by atoms with Crippen LogP contribution in [0, 0.1) is 0 Å². The third kappa shape index (κ3) is 4.96. The van der Waals surface area contributed by atoms with Crippen LogP contribution in [0.2, 0.25) is 0 Å². The summed E-state index contributed by atoms with van der Waals surface area (Å²) in [6.45, 7) is 7.02. The predicted octanol–water partition coefficient (Wildman–Crippen LogP) is 3.77. The number of aryl methyl sites for hydroxylation is 1. The molecule has 0 unspecified atom stereocenters. The van der Waals surface area contributed by atoms with E-state index in [1.54, 1.807) is 7.11 Å². The summed E-state index contributed by atoms with van der Waals surface area (Å²) in [6, 6.07) is 16.8. The van der Waals surface area contributed by atoms with Crippen LogP contribution in [-0.4, -0.2) is 48.2 Å². The maximum absolute atomic E-state index is 5.60. The quantitative estimate of drug-likeness (QED) is 0.810. The van der Waals surface area contributed by atoms with Crippen molar-refractivity contribution in [1.82, 2.24) is 9.80 Å². The lowest BCUT2D eigenvalue weighted by molar-refractivity contribution is 0.177. The normalized spacial score (nSPS) is 14.9. The van der Waals surface area contributed by atoms with Crippen molar-refractivity contribution in [1.29, 1.82) is 0 Å². The summed E-state index contributed by atoms with van der Waals surface area (Å²) in [5, 5.41) is 4.18. The van der Waals surface area contributed by atoms with Gasteiger partial charge < -0.3 is 15.0 Å². The van der Waals surface area contributed by atoms with Gasteiger partial charge in [0.15, 0.2) is 5.11 Å². The molecular formula is C21H27N3OS. The van der Waals surface area contributed by atoms with Crippen LogP contribution in [0.15, 0.2) is 48.5 Å². The Bertz CT molecular complexity index is 724. The van der Waals surface area contributed by atoms with Gasteiger partial charge in [0, 0.05) is 38.4 Å². The Morgan fingerprint density at radius 1 is 1.04 bits per heavy atom. The first-order valence-electron chi connectivity index (χ1n) is 9.18. The monoisotopic (exact) mass is 369 g/mol. The SMILES string of the molecule is CCc1ccc(NC(=S)N2CCN(Cc3cccc(OC)c3)CC2)cc1. The lowest BCUT2D eigenvalue weighted by Gasteiger charge is -2.36. The van der Waals surface area contributed by atoms with Crippen molar-refractivity contribution in [3.63, 3.8) is 0 Å². The molecule has 0 saturated carbocycles. The zero-order valence-electron chi connectivity index (χ0n) is 15.6. The number of nitrogens with zero attached hydrogens (tertiary/aromatic N) is 2. The van der Waals surface area contributed by atoms with E-state index in [1.165, 1.54) is 11.1 Å². The molecule has 0 spiro atoms. The van der Waals surface area contributed by atoms with Gasteiger partial charge in [-0.15, -0.1) is 0 Å². The van der Waals surface area contributed by atoms with Gasteiger partial charge in [-0.2, -0.15) is 0 Å². The minimum absolute atomic E-state index is 0.815. The third-order valence-corrected chi connectivity index (χ3v) is 5.17. The largest absolute Gasteiger partial charge is 0.497 e. The van der Waals surface area contributed by atoms with Crippen molar-refractivity contribution in [3.05, 3.63) is 59.7 Å². The van der Waals surface area contributed by atoms with Gasteiger partial charge in [0.2, 0.25) is 0 Å². The van der Waals surface area contributed by atoms with Gasteiger partial charge in [-0.25, -0.2) is 0 Å². The van der Waals surface area contributed by atoms with Gasteiger partial charge >= 0.3 is 0 Å². The second-order valence-electron chi connectivity index (χ2n) is 6.60. The van der Waals surface area contributed by atoms with Crippen LogP contribution in [0.25, 0.3) is 0 Å². The van der Waals surface area contributed by atoms with E-state index in [0.29, 0.717) is 0 Å². The molecule has 0 aliphatic carbocycles. The number of nitrogens with one attached hydrogen (secondary N) is 1. The maximum Gasteiger partial charge on any atom is 0.173 e. The summed E-state index contributed by atoms with van der Waals surface area (Å²) >= 11 is 5.60. The summed E-state index contributed by atoms with van der Waals surface area (Å²) in [7, 11) is 1.71. The van der Waals surface area contributed by atoms with Gasteiger partial charge in [-0.3, -0.25) is 4.90 Å². The molecule has 1 aliphatic heterocycles. The molecule has 26 heavy (non-hydrogen) atoms. The average molecular weight is 370 g/mol. The molecule has 0 bridgehead atoms. The van der Waals surface area contributed by atoms with Crippen molar-refractivity contribution in [2.24, 2.45) is 0 Å². The first-order valence-corrected chi connectivity index (χ1v) is 9.59. The van der Waals surface area contributed by atoms with Crippen molar-refractivity contribution in [2.75, 3.05) is 38.6 Å². The van der Waals surface area contributed by atoms with E-state index >= 15 is 0 Å². The third-order valence-electron chi connectivity index (χ3n) is 4.81. The molecule has 1 saturated heterocycles. The molecule has 1 aliphatic rings. The highest BCUT2D eigenvalue weighted by Gasteiger charge is 2.19. The zero-order chi connectivity index (χ0) is 18.4. The van der Waals surface area contributed by atoms with E-state index in [0.717, 1.165) is 55.7 Å². The van der Waals surface area contributed by atoms with Crippen LogP contribution in [0.3, 0.4) is 0 Å². The number of rotatable bonds is 5. The molecular weight excluding hydrogens is 342 g/mol. The number of ether oxygens (including phenoxy) is 1. The highest BCUT2D eigenvalue weighted by Crippen LogP contribution is 2.16. The fourth-order valence-corrected chi connectivity index (χ4v) is 3.46. The van der Waals surface area contributed by atoms with Gasteiger partial charge in [0.1, 0.15) is 5.75 Å². The lowest BCUT2D eigenvalue weighted by Crippen LogP contribution is -2.49. The molecule has 138 valence electrons. The van der Waals surface area contributed by atoms with Crippen molar-refractivity contribution in [2.45, 2.75) is 19.9 Å². The number of hydrogen-bond donors (Lipinski definition) is 1. The van der Waals surface area contributed by atoms with Crippen LogP contribution in [0.1, 0.15) is 18.1 Å². The van der Waals surface area contributed by atoms with E-state index in [1.807, 2.05) is 12.1 Å². The Kier molecular flexibility index (Phi) is 6.47. The Balaban J connectivity index is 1.48. The molecule has 1 fully saturated rings. The van der Waals surface area contributed by atoms with Crippen LogP contribution in [0.5, 0.6) is 5.75 Å². The van der Waals surface area contributed by atoms with Crippen molar-refractivity contribution in [3.8, 4) is 5.75 Å². The van der Waals surface area contributed by atoms with Crippen LogP contribution < -0.4 is 10.1 Å². The van der Waals surface area contributed by atoms with E-state index in [4.69, 9.17) is 17.0 Å². The smallest absolute Gasteiger partial charge is 0.173 e. The van der Waals surface area contributed by atoms with Gasteiger partial charge in [0.05, 0.1) is 7.11 Å². The Morgan fingerprint density at radius 3 is 2.42 bits per heavy atom. The fourth-order valence-electron chi connectivity index (χ4n) is 3.16. The van der Waals surface area contributed by atoms with Gasteiger partial charge in [-0.05, 0) is 54.0 Å². The van der Waals surface area contributed by atoms with Gasteiger partial charge in [-0.1, -0.05) is 31.2 Å². The molecule has 4 nitrogen and oxygen atoms in total. The molecule has 1 N–H and O–H groups in total. The number of piperazine rings is 1. The molecule has 0 atom stereocenters. The van der Waals surface area contributed by atoms with Crippen LogP contribution in [0.4, 0.5) is 5.69 Å². The average Bonchev–Trinajstić information content (AvgIpc) is 2.69. The molecule has 1 heterocycles. The lowest BCUT2D eigenvalue weighted by atomic mass is 10.1. The topological polar surface area (TPSA) is 27.7 Å². The summed E-state index contributed by atoms with van der Waals surface area (Å²) in [5.74, 6) is 0.917. The van der Waals surface area contributed by atoms with E-state index in [9.17, 15) is 0 Å². The highest BCUT2D eigenvalue weighted by atomic mass is 32.1. The molecule has 2 aromatic rings. The number of methoxy groups -OCH3 is 1. The molecule has 0 amide bonds. The second-order valence-corrected chi connectivity index (χ2v) is 6.98. The standard InChI is InChI=1S/C21H27N3OS/c1-3-17-7-9-19(10-8-17)22-21(26)24-13-11-23(12-14-24)16-18-5-4-6-20(15-18)25-2/h4-10,15H,3,11-14,16H2,1-2H3,(H,22,26). The minimum atomic E-state index is 0.815. The second kappa shape index (κ2) is 9.01. The van der Waals surface area contributed by atoms with Crippen LogP contribution >= 0.6 is 12.2 Å². The molecule has 3 rings (SSSR count). The predicted molar refractivity (Wildman–Crippen MR) is 112 cm³/mol. The molecule has 0 radical (unpaired) electrons. The van der Waals surface area contributed by atoms with E-state index in [-0.39, 0.29) is 0 Å². The molecule has 2 aromatic carbocycles. The number of benzene rings is 2. The first-order chi connectivity index (χ1) is 12.7. The van der Waals surface area contributed by atoms with Crippen molar-refractivity contribution >= 4 is 23.0 Å². The van der Waals surface area contributed by atoms with E-state index < -0.39 is 0 Å². The van der Waals surface area contributed by atoms with Crippen LogP contribution in [-0.2, 0) is 13.0 Å². The fraction of sp³-hybridized carbons (Fsp3) is 0.381. The number of anilines is 1. The maximum atomic E-state index is 5.60.